The lowest BCUT2D eigenvalue weighted by atomic mass is 10.1. The van der Waals surface area contributed by atoms with Gasteiger partial charge in [0.15, 0.2) is 0 Å². The zero-order valence-electron chi connectivity index (χ0n) is 15.0. The third kappa shape index (κ3) is 3.62. The van der Waals surface area contributed by atoms with Crippen molar-refractivity contribution in [1.29, 1.82) is 0 Å². The monoisotopic (exact) mass is 317 g/mol. The molecule has 4 rings (SSSR count). The second-order valence-corrected chi connectivity index (χ2v) is 6.55. The molecule has 0 saturated carbocycles. The topological polar surface area (TPSA) is 4.93 Å². The molecule has 1 nitrogen and oxygen atoms in total. The van der Waals surface area contributed by atoms with Crippen LogP contribution < -0.4 is 0 Å². The molecule has 0 saturated heterocycles. The Balaban J connectivity index is 0.000000150. The van der Waals surface area contributed by atoms with E-state index < -0.39 is 0 Å². The second kappa shape index (κ2) is 7.53. The van der Waals surface area contributed by atoms with Crippen LogP contribution in [0.3, 0.4) is 0 Å². The Kier molecular flexibility index (Phi) is 5.20. The zero-order valence-corrected chi connectivity index (χ0v) is 15.0. The van der Waals surface area contributed by atoms with E-state index in [4.69, 9.17) is 0 Å². The Labute approximate surface area is 145 Å². The Hall–Kier alpha value is -2.28. The molecule has 1 aliphatic heterocycles. The van der Waals surface area contributed by atoms with Crippen molar-refractivity contribution in [2.24, 2.45) is 0 Å². The lowest BCUT2D eigenvalue weighted by molar-refractivity contribution is 0.772. The van der Waals surface area contributed by atoms with Gasteiger partial charge in [0.05, 0.1) is 0 Å². The van der Waals surface area contributed by atoms with Crippen LogP contribution in [0.2, 0.25) is 0 Å². The van der Waals surface area contributed by atoms with Gasteiger partial charge >= 0.3 is 0 Å². The van der Waals surface area contributed by atoms with Gasteiger partial charge in [-0.3, -0.25) is 0 Å². The van der Waals surface area contributed by atoms with Crippen LogP contribution >= 0.6 is 0 Å². The third-order valence-electron chi connectivity index (χ3n) is 4.71. The smallest absolute Gasteiger partial charge is 0.0485 e. The molecule has 0 bridgehead atoms. The molecule has 2 heterocycles. The average molecular weight is 317 g/mol. The number of fused-ring (bicyclic) bond motifs is 3. The van der Waals surface area contributed by atoms with E-state index >= 15 is 0 Å². The molecular formula is C23H27N. The first-order valence-electron chi connectivity index (χ1n) is 9.01. The van der Waals surface area contributed by atoms with E-state index in [-0.39, 0.29) is 0 Å². The summed E-state index contributed by atoms with van der Waals surface area (Å²) in [4.78, 5) is 0. The maximum atomic E-state index is 2.48. The number of rotatable bonds is 2. The molecule has 0 spiro atoms. The van der Waals surface area contributed by atoms with E-state index in [1.54, 1.807) is 0 Å². The molecule has 0 fully saturated rings. The van der Waals surface area contributed by atoms with Crippen molar-refractivity contribution in [2.75, 3.05) is 0 Å². The number of hydrogen-bond acceptors (Lipinski definition) is 0. The largest absolute Gasteiger partial charge is 0.345 e. The first-order chi connectivity index (χ1) is 11.7. The standard InChI is InChI=1S/C13H15N.C10H12/c1-2-10-5-6-11-9-12-4-3-7-14(12)13(11)8-10;1-3-4-10-7-5-9(2)6-8-10/h5-6,8-9H,2-4,7H2,1H3;3-8H,1-2H3/b;4-3+. The van der Waals surface area contributed by atoms with Crippen LogP contribution in [-0.4, -0.2) is 4.57 Å². The van der Waals surface area contributed by atoms with Gasteiger partial charge in [-0.15, -0.1) is 0 Å². The van der Waals surface area contributed by atoms with Crippen LogP contribution in [0.15, 0.2) is 54.6 Å². The molecule has 124 valence electrons. The van der Waals surface area contributed by atoms with Crippen LogP contribution in [0, 0.1) is 6.92 Å². The van der Waals surface area contributed by atoms with Gasteiger partial charge in [0, 0.05) is 17.8 Å². The predicted molar refractivity (Wildman–Crippen MR) is 106 cm³/mol. The molecule has 24 heavy (non-hydrogen) atoms. The fourth-order valence-corrected chi connectivity index (χ4v) is 3.34. The lowest BCUT2D eigenvalue weighted by Gasteiger charge is -2.02. The fraction of sp³-hybridized carbons (Fsp3) is 0.304. The van der Waals surface area contributed by atoms with Crippen molar-refractivity contribution in [3.63, 3.8) is 0 Å². The van der Waals surface area contributed by atoms with E-state index in [2.05, 4.69) is 73.0 Å². The quantitative estimate of drug-likeness (QED) is 0.532. The van der Waals surface area contributed by atoms with Crippen molar-refractivity contribution >= 4 is 17.0 Å². The van der Waals surface area contributed by atoms with E-state index in [0.29, 0.717) is 0 Å². The molecule has 0 aliphatic carbocycles. The molecule has 2 aromatic carbocycles. The summed E-state index contributed by atoms with van der Waals surface area (Å²) >= 11 is 0. The Morgan fingerprint density at radius 2 is 1.83 bits per heavy atom. The van der Waals surface area contributed by atoms with Gasteiger partial charge in [-0.2, -0.15) is 0 Å². The molecule has 1 aromatic heterocycles. The third-order valence-corrected chi connectivity index (χ3v) is 4.71. The highest BCUT2D eigenvalue weighted by Gasteiger charge is 2.13. The minimum atomic E-state index is 1.14. The van der Waals surface area contributed by atoms with E-state index in [0.717, 1.165) is 6.42 Å². The lowest BCUT2D eigenvalue weighted by Crippen LogP contribution is -1.91. The molecule has 0 unspecified atom stereocenters. The number of aryl methyl sites for hydroxylation is 4. The van der Waals surface area contributed by atoms with Crippen LogP contribution in [0.4, 0.5) is 0 Å². The normalized spacial score (nSPS) is 13.1. The number of hydrogen-bond donors (Lipinski definition) is 0. The highest BCUT2D eigenvalue weighted by atomic mass is 15.0. The average Bonchev–Trinajstić information content (AvgIpc) is 3.18. The molecule has 0 atom stereocenters. The zero-order chi connectivity index (χ0) is 16.9. The van der Waals surface area contributed by atoms with Crippen molar-refractivity contribution in [1.82, 2.24) is 4.57 Å². The van der Waals surface area contributed by atoms with Gasteiger partial charge in [-0.25, -0.2) is 0 Å². The number of nitrogens with zero attached hydrogens (tertiary/aromatic N) is 1. The maximum absolute atomic E-state index is 2.48. The summed E-state index contributed by atoms with van der Waals surface area (Å²) in [5.41, 5.74) is 7.00. The van der Waals surface area contributed by atoms with Crippen molar-refractivity contribution < 1.29 is 0 Å². The summed E-state index contributed by atoms with van der Waals surface area (Å²) in [6.07, 6.45) is 7.86. The van der Waals surface area contributed by atoms with E-state index in [1.807, 2.05) is 13.0 Å². The minimum Gasteiger partial charge on any atom is -0.345 e. The highest BCUT2D eigenvalue weighted by molar-refractivity contribution is 5.82. The Morgan fingerprint density at radius 3 is 2.54 bits per heavy atom. The van der Waals surface area contributed by atoms with Crippen LogP contribution in [0.25, 0.3) is 17.0 Å². The fourth-order valence-electron chi connectivity index (χ4n) is 3.34. The second-order valence-electron chi connectivity index (χ2n) is 6.55. The molecule has 0 N–H and O–H groups in total. The molecule has 1 heteroatoms. The van der Waals surface area contributed by atoms with Crippen LogP contribution in [0.5, 0.6) is 0 Å². The van der Waals surface area contributed by atoms with Gasteiger partial charge in [0.2, 0.25) is 0 Å². The summed E-state index contributed by atoms with van der Waals surface area (Å²) in [6.45, 7) is 7.56. The summed E-state index contributed by atoms with van der Waals surface area (Å²) in [7, 11) is 0. The minimum absolute atomic E-state index is 1.14. The number of benzene rings is 2. The summed E-state index contributed by atoms with van der Waals surface area (Å²) in [6, 6.07) is 17.7. The van der Waals surface area contributed by atoms with Gasteiger partial charge in [-0.05, 0) is 61.8 Å². The van der Waals surface area contributed by atoms with E-state index in [9.17, 15) is 0 Å². The SMILES string of the molecule is C/C=C/c1ccc(C)cc1.CCc1ccc2cc3n(c2c1)CCC3. The predicted octanol–water partition coefficient (Wildman–Crippen LogP) is 6.18. The molecular weight excluding hydrogens is 290 g/mol. The Bertz CT molecular complexity index is 834. The molecule has 1 aliphatic rings. The molecule has 0 radical (unpaired) electrons. The molecule has 3 aromatic rings. The van der Waals surface area contributed by atoms with Crippen molar-refractivity contribution in [3.8, 4) is 0 Å². The first-order valence-corrected chi connectivity index (χ1v) is 9.01. The summed E-state index contributed by atoms with van der Waals surface area (Å²) < 4.78 is 2.48. The highest BCUT2D eigenvalue weighted by Crippen LogP contribution is 2.26. The summed E-state index contributed by atoms with van der Waals surface area (Å²) in [5, 5.41) is 1.41. The van der Waals surface area contributed by atoms with Crippen molar-refractivity contribution in [3.05, 3.63) is 77.0 Å². The first kappa shape index (κ1) is 16.6. The van der Waals surface area contributed by atoms with Gasteiger partial charge in [0.1, 0.15) is 0 Å². The maximum Gasteiger partial charge on any atom is 0.0485 e. The van der Waals surface area contributed by atoms with Gasteiger partial charge in [-0.1, -0.05) is 61.0 Å². The van der Waals surface area contributed by atoms with Gasteiger partial charge in [0.25, 0.3) is 0 Å². The van der Waals surface area contributed by atoms with Crippen molar-refractivity contribution in [2.45, 2.75) is 46.6 Å². The van der Waals surface area contributed by atoms with Crippen LogP contribution in [-0.2, 0) is 19.4 Å². The number of allylic oxidation sites excluding steroid dienone is 1. The van der Waals surface area contributed by atoms with Crippen LogP contribution in [0.1, 0.15) is 42.7 Å². The summed E-state index contributed by atoms with van der Waals surface area (Å²) in [5.74, 6) is 0. The number of aromatic nitrogens is 1. The van der Waals surface area contributed by atoms with Gasteiger partial charge < -0.3 is 4.57 Å². The molecule has 0 amide bonds. The van der Waals surface area contributed by atoms with E-state index in [1.165, 1.54) is 52.7 Å². The Morgan fingerprint density at radius 1 is 1.04 bits per heavy atom.